The standard InChI is InChI=1S/C27H37N5O3Si/c1-7-8-18-17(9-12-21-25(18)31-32-30-21)15-28-16-23(35-36(5,6)27(2,3)4)19-10-13-22(33)26-20(19)11-14-24(34)29-26/h9-14,23,28,33H,7-8,15-16H2,1-6H3,(H,29,34)(H,30,31,32)/t23-/m1/s1. The highest BCUT2D eigenvalue weighted by molar-refractivity contribution is 6.74. The van der Waals surface area contributed by atoms with Gasteiger partial charge in [-0.25, -0.2) is 0 Å². The molecule has 9 heteroatoms. The Balaban J connectivity index is 1.67. The van der Waals surface area contributed by atoms with Crippen molar-refractivity contribution in [2.24, 2.45) is 0 Å². The van der Waals surface area contributed by atoms with Gasteiger partial charge in [-0.2, -0.15) is 15.4 Å². The highest BCUT2D eigenvalue weighted by Gasteiger charge is 2.39. The number of aromatic amines is 2. The van der Waals surface area contributed by atoms with Crippen LogP contribution in [0.3, 0.4) is 0 Å². The van der Waals surface area contributed by atoms with Gasteiger partial charge in [-0.05, 0) is 59.4 Å². The Kier molecular flexibility index (Phi) is 7.35. The molecule has 4 N–H and O–H groups in total. The van der Waals surface area contributed by atoms with Crippen LogP contribution in [-0.2, 0) is 17.4 Å². The summed E-state index contributed by atoms with van der Waals surface area (Å²) in [7, 11) is -2.14. The van der Waals surface area contributed by atoms with E-state index in [1.54, 1.807) is 12.1 Å². The summed E-state index contributed by atoms with van der Waals surface area (Å²) in [6.45, 7) is 14.6. The molecule has 4 rings (SSSR count). The number of benzene rings is 2. The van der Waals surface area contributed by atoms with Crippen LogP contribution < -0.4 is 10.9 Å². The molecule has 8 nitrogen and oxygen atoms in total. The molecule has 0 aliphatic heterocycles. The third-order valence-corrected chi connectivity index (χ3v) is 11.8. The third kappa shape index (κ3) is 5.23. The number of phenolic OH excluding ortho intramolecular Hbond substituents is 1. The smallest absolute Gasteiger partial charge is 0.248 e. The van der Waals surface area contributed by atoms with E-state index in [0.29, 0.717) is 18.6 Å². The molecule has 0 bridgehead atoms. The lowest BCUT2D eigenvalue weighted by Gasteiger charge is -2.39. The fourth-order valence-corrected chi connectivity index (χ4v) is 5.60. The quantitative estimate of drug-likeness (QED) is 0.228. The van der Waals surface area contributed by atoms with Crippen LogP contribution in [0, 0.1) is 0 Å². The first-order valence-corrected chi connectivity index (χ1v) is 15.5. The first-order valence-electron chi connectivity index (χ1n) is 12.6. The van der Waals surface area contributed by atoms with Crippen molar-refractivity contribution in [3.63, 3.8) is 0 Å². The Morgan fingerprint density at radius 2 is 1.89 bits per heavy atom. The number of H-pyrrole nitrogens is 2. The van der Waals surface area contributed by atoms with Crippen molar-refractivity contribution in [1.82, 2.24) is 25.7 Å². The second-order valence-corrected chi connectivity index (χ2v) is 15.7. The van der Waals surface area contributed by atoms with Crippen LogP contribution in [0.2, 0.25) is 18.1 Å². The SMILES string of the molecule is CCCc1c(CNC[C@@H](O[Si](C)(C)C(C)(C)C)c2ccc(O)c3[nH]c(=O)ccc23)ccc2n[nH]nc12. The maximum Gasteiger partial charge on any atom is 0.248 e. The minimum absolute atomic E-state index is 0.0264. The molecule has 0 spiro atoms. The summed E-state index contributed by atoms with van der Waals surface area (Å²) in [6, 6.07) is 10.9. The van der Waals surface area contributed by atoms with Crippen LogP contribution in [0.25, 0.3) is 21.9 Å². The molecular weight excluding hydrogens is 470 g/mol. The van der Waals surface area contributed by atoms with Crippen molar-refractivity contribution in [1.29, 1.82) is 0 Å². The zero-order valence-corrected chi connectivity index (χ0v) is 23.0. The summed E-state index contributed by atoms with van der Waals surface area (Å²) >= 11 is 0. The monoisotopic (exact) mass is 507 g/mol. The lowest BCUT2D eigenvalue weighted by Crippen LogP contribution is -2.43. The molecule has 0 fully saturated rings. The van der Waals surface area contributed by atoms with E-state index in [-0.39, 0.29) is 22.5 Å². The van der Waals surface area contributed by atoms with Crippen molar-refractivity contribution in [2.75, 3.05) is 6.54 Å². The average molecular weight is 508 g/mol. The van der Waals surface area contributed by atoms with Gasteiger partial charge in [-0.1, -0.05) is 46.2 Å². The van der Waals surface area contributed by atoms with Crippen molar-refractivity contribution < 1.29 is 9.53 Å². The van der Waals surface area contributed by atoms with E-state index >= 15 is 0 Å². The number of hydrogen-bond acceptors (Lipinski definition) is 6. The Labute approximate surface area is 212 Å². The van der Waals surface area contributed by atoms with Crippen molar-refractivity contribution >= 4 is 30.3 Å². The average Bonchev–Trinajstić information content (AvgIpc) is 3.29. The number of phenols is 1. The lowest BCUT2D eigenvalue weighted by molar-refractivity contribution is 0.181. The normalized spacial score (nSPS) is 13.5. The van der Waals surface area contributed by atoms with Crippen LogP contribution >= 0.6 is 0 Å². The zero-order chi connectivity index (χ0) is 26.1. The summed E-state index contributed by atoms with van der Waals surface area (Å²) < 4.78 is 6.92. The number of nitrogens with zero attached hydrogens (tertiary/aromatic N) is 2. The van der Waals surface area contributed by atoms with Crippen molar-refractivity contribution in [2.45, 2.75) is 71.3 Å². The predicted molar refractivity (Wildman–Crippen MR) is 147 cm³/mol. The molecule has 4 aromatic rings. The minimum Gasteiger partial charge on any atom is -0.506 e. The zero-order valence-electron chi connectivity index (χ0n) is 22.0. The van der Waals surface area contributed by atoms with Crippen LogP contribution in [-0.4, -0.2) is 40.4 Å². The molecule has 0 radical (unpaired) electrons. The Morgan fingerprint density at radius 3 is 2.61 bits per heavy atom. The second kappa shape index (κ2) is 10.2. The van der Waals surface area contributed by atoms with Gasteiger partial charge in [0.2, 0.25) is 5.56 Å². The van der Waals surface area contributed by atoms with Gasteiger partial charge in [0.25, 0.3) is 0 Å². The Bertz CT molecular complexity index is 1420. The number of fused-ring (bicyclic) bond motifs is 2. The van der Waals surface area contributed by atoms with E-state index in [1.807, 2.05) is 12.1 Å². The van der Waals surface area contributed by atoms with Crippen LogP contribution in [0.5, 0.6) is 5.75 Å². The van der Waals surface area contributed by atoms with Gasteiger partial charge in [0.1, 0.15) is 16.8 Å². The summed E-state index contributed by atoms with van der Waals surface area (Å²) in [6.07, 6.45) is 1.69. The number of nitrogens with one attached hydrogen (secondary N) is 3. The van der Waals surface area contributed by atoms with Gasteiger partial charge >= 0.3 is 0 Å². The van der Waals surface area contributed by atoms with E-state index in [1.165, 1.54) is 17.2 Å². The molecular formula is C27H37N5O3Si. The lowest BCUT2D eigenvalue weighted by atomic mass is 10.0. The number of aromatic hydroxyl groups is 1. The summed E-state index contributed by atoms with van der Waals surface area (Å²) in [5.41, 5.74) is 5.35. The van der Waals surface area contributed by atoms with Gasteiger partial charge in [0.15, 0.2) is 8.32 Å². The maximum atomic E-state index is 11.9. The van der Waals surface area contributed by atoms with Gasteiger partial charge < -0.3 is 19.8 Å². The molecule has 0 saturated heterocycles. The molecule has 0 unspecified atom stereocenters. The topological polar surface area (TPSA) is 116 Å². The van der Waals surface area contributed by atoms with Crippen LogP contribution in [0.15, 0.2) is 41.2 Å². The fourth-order valence-electron chi connectivity index (χ4n) is 4.33. The first-order chi connectivity index (χ1) is 17.0. The molecule has 0 amide bonds. The number of aryl methyl sites for hydroxylation is 1. The van der Waals surface area contributed by atoms with Gasteiger partial charge in [0, 0.05) is 24.5 Å². The molecule has 2 heterocycles. The molecule has 0 aliphatic rings. The van der Waals surface area contributed by atoms with E-state index < -0.39 is 8.32 Å². The molecule has 36 heavy (non-hydrogen) atoms. The molecule has 0 saturated carbocycles. The summed E-state index contributed by atoms with van der Waals surface area (Å²) in [4.78, 5) is 14.7. The largest absolute Gasteiger partial charge is 0.506 e. The first kappa shape index (κ1) is 26.1. The van der Waals surface area contributed by atoms with E-state index in [0.717, 1.165) is 34.8 Å². The Morgan fingerprint density at radius 1 is 1.11 bits per heavy atom. The van der Waals surface area contributed by atoms with Gasteiger partial charge in [-0.3, -0.25) is 4.79 Å². The molecule has 2 aromatic heterocycles. The highest BCUT2D eigenvalue weighted by atomic mass is 28.4. The Hall–Kier alpha value is -3.01. The predicted octanol–water partition coefficient (Wildman–Crippen LogP) is 5.31. The van der Waals surface area contributed by atoms with Gasteiger partial charge in [0.05, 0.1) is 11.6 Å². The summed E-state index contributed by atoms with van der Waals surface area (Å²) in [5.74, 6) is 0.0515. The number of hydrogen-bond donors (Lipinski definition) is 4. The summed E-state index contributed by atoms with van der Waals surface area (Å²) in [5, 5.41) is 26.2. The number of aromatic nitrogens is 4. The molecule has 1 atom stereocenters. The van der Waals surface area contributed by atoms with Crippen LogP contribution in [0.4, 0.5) is 0 Å². The molecule has 192 valence electrons. The van der Waals surface area contributed by atoms with E-state index in [4.69, 9.17) is 4.43 Å². The second-order valence-electron chi connectivity index (χ2n) is 10.9. The van der Waals surface area contributed by atoms with E-state index in [2.05, 4.69) is 72.6 Å². The number of pyridine rings is 1. The van der Waals surface area contributed by atoms with Crippen molar-refractivity contribution in [3.05, 3.63) is 63.4 Å². The third-order valence-electron chi connectivity index (χ3n) is 7.33. The van der Waals surface area contributed by atoms with Crippen LogP contribution in [0.1, 0.15) is 56.9 Å². The molecule has 0 aliphatic carbocycles. The number of rotatable bonds is 9. The minimum atomic E-state index is -2.14. The highest BCUT2D eigenvalue weighted by Crippen LogP contribution is 2.41. The molecule has 2 aromatic carbocycles. The van der Waals surface area contributed by atoms with Gasteiger partial charge in [-0.15, -0.1) is 0 Å². The maximum absolute atomic E-state index is 11.9. The fraction of sp³-hybridized carbons (Fsp3) is 0.444. The van der Waals surface area contributed by atoms with E-state index in [9.17, 15) is 9.90 Å². The van der Waals surface area contributed by atoms with Crippen molar-refractivity contribution in [3.8, 4) is 5.75 Å².